The van der Waals surface area contributed by atoms with Crippen molar-refractivity contribution in [3.8, 4) is 0 Å². The minimum atomic E-state index is -1.45. The fourth-order valence-electron chi connectivity index (χ4n) is 1.79. The van der Waals surface area contributed by atoms with Crippen LogP contribution in [0, 0.1) is 12.7 Å². The van der Waals surface area contributed by atoms with Gasteiger partial charge in [0, 0.05) is 0 Å². The van der Waals surface area contributed by atoms with Crippen LogP contribution >= 0.6 is 0 Å². The lowest BCUT2D eigenvalue weighted by atomic mass is 9.80. The SMILES string of the molecule is Cc1ccc(Cc2ccc(B(O)O)cc2)cc1F. The highest BCUT2D eigenvalue weighted by Gasteiger charge is 2.09. The summed E-state index contributed by atoms with van der Waals surface area (Å²) >= 11 is 0. The summed E-state index contributed by atoms with van der Waals surface area (Å²) in [6.07, 6.45) is 0.624. The molecule has 0 spiro atoms. The predicted octanol–water partition coefficient (Wildman–Crippen LogP) is 1.40. The van der Waals surface area contributed by atoms with Gasteiger partial charge in [-0.25, -0.2) is 4.39 Å². The van der Waals surface area contributed by atoms with Gasteiger partial charge in [-0.1, -0.05) is 36.4 Å². The van der Waals surface area contributed by atoms with Crippen LogP contribution < -0.4 is 5.46 Å². The van der Waals surface area contributed by atoms with Crippen molar-refractivity contribution in [3.63, 3.8) is 0 Å². The third-order valence-electron chi connectivity index (χ3n) is 2.92. The first-order chi connectivity index (χ1) is 8.56. The molecular formula is C14H14BFO2. The Kier molecular flexibility index (Phi) is 3.79. The lowest BCUT2D eigenvalue weighted by Gasteiger charge is -2.05. The number of rotatable bonds is 3. The molecule has 18 heavy (non-hydrogen) atoms. The highest BCUT2D eigenvalue weighted by Crippen LogP contribution is 2.13. The van der Waals surface area contributed by atoms with Crippen molar-refractivity contribution in [2.45, 2.75) is 13.3 Å². The third-order valence-corrected chi connectivity index (χ3v) is 2.92. The van der Waals surface area contributed by atoms with E-state index in [-0.39, 0.29) is 5.82 Å². The molecule has 0 amide bonds. The Balaban J connectivity index is 2.15. The fourth-order valence-corrected chi connectivity index (χ4v) is 1.79. The maximum atomic E-state index is 13.4. The van der Waals surface area contributed by atoms with Crippen LogP contribution in [0.5, 0.6) is 0 Å². The highest BCUT2D eigenvalue weighted by molar-refractivity contribution is 6.58. The van der Waals surface area contributed by atoms with Gasteiger partial charge < -0.3 is 10.0 Å². The number of hydrogen-bond donors (Lipinski definition) is 2. The Morgan fingerprint density at radius 3 is 2.17 bits per heavy atom. The molecule has 0 aliphatic rings. The Bertz CT molecular complexity index is 538. The monoisotopic (exact) mass is 244 g/mol. The van der Waals surface area contributed by atoms with Crippen LogP contribution in [0.25, 0.3) is 0 Å². The molecule has 92 valence electrons. The van der Waals surface area contributed by atoms with Crippen molar-refractivity contribution in [1.29, 1.82) is 0 Å². The lowest BCUT2D eigenvalue weighted by Crippen LogP contribution is -2.29. The largest absolute Gasteiger partial charge is 0.488 e. The average molecular weight is 244 g/mol. The Morgan fingerprint density at radius 2 is 1.61 bits per heavy atom. The molecule has 0 radical (unpaired) electrons. The molecule has 2 aromatic rings. The number of benzene rings is 2. The van der Waals surface area contributed by atoms with Crippen molar-refractivity contribution in [3.05, 3.63) is 65.0 Å². The van der Waals surface area contributed by atoms with Gasteiger partial charge in [-0.2, -0.15) is 0 Å². The van der Waals surface area contributed by atoms with E-state index in [9.17, 15) is 4.39 Å². The molecule has 0 saturated carbocycles. The maximum Gasteiger partial charge on any atom is 0.488 e. The predicted molar refractivity (Wildman–Crippen MR) is 70.2 cm³/mol. The second-order valence-electron chi connectivity index (χ2n) is 4.38. The Morgan fingerprint density at radius 1 is 1.00 bits per heavy atom. The van der Waals surface area contributed by atoms with Crippen LogP contribution in [0.1, 0.15) is 16.7 Å². The summed E-state index contributed by atoms with van der Waals surface area (Å²) in [5, 5.41) is 18.0. The van der Waals surface area contributed by atoms with E-state index in [1.165, 1.54) is 6.07 Å². The highest BCUT2D eigenvalue weighted by atomic mass is 19.1. The van der Waals surface area contributed by atoms with Gasteiger partial charge in [0.05, 0.1) is 0 Å². The second kappa shape index (κ2) is 5.33. The quantitative estimate of drug-likeness (QED) is 0.801. The van der Waals surface area contributed by atoms with Crippen LogP contribution in [0.2, 0.25) is 0 Å². The van der Waals surface area contributed by atoms with E-state index >= 15 is 0 Å². The summed E-state index contributed by atoms with van der Waals surface area (Å²) in [7, 11) is -1.45. The van der Waals surface area contributed by atoms with Gasteiger partial charge in [0.15, 0.2) is 0 Å². The zero-order valence-electron chi connectivity index (χ0n) is 10.1. The zero-order valence-corrected chi connectivity index (χ0v) is 10.1. The molecule has 2 N–H and O–H groups in total. The van der Waals surface area contributed by atoms with Crippen molar-refractivity contribution in [2.24, 2.45) is 0 Å². The number of halogens is 1. The number of hydrogen-bond acceptors (Lipinski definition) is 2. The van der Waals surface area contributed by atoms with Crippen molar-refractivity contribution < 1.29 is 14.4 Å². The molecule has 0 fully saturated rings. The average Bonchev–Trinajstić information content (AvgIpc) is 2.34. The molecule has 0 unspecified atom stereocenters. The molecule has 0 heterocycles. The fraction of sp³-hybridized carbons (Fsp3) is 0.143. The minimum absolute atomic E-state index is 0.199. The summed E-state index contributed by atoms with van der Waals surface area (Å²) in [5.41, 5.74) is 2.99. The first-order valence-corrected chi connectivity index (χ1v) is 5.76. The van der Waals surface area contributed by atoms with Gasteiger partial charge in [0.2, 0.25) is 0 Å². The van der Waals surface area contributed by atoms with Crippen LogP contribution in [-0.2, 0) is 6.42 Å². The second-order valence-corrected chi connectivity index (χ2v) is 4.38. The standard InChI is InChI=1S/C14H14BFO2/c1-10-2-3-12(9-14(10)16)8-11-4-6-13(7-5-11)15(17)18/h2-7,9,17-18H,8H2,1H3. The van der Waals surface area contributed by atoms with Gasteiger partial charge >= 0.3 is 7.12 Å². The van der Waals surface area contributed by atoms with E-state index in [2.05, 4.69) is 0 Å². The summed E-state index contributed by atoms with van der Waals surface area (Å²) < 4.78 is 13.4. The van der Waals surface area contributed by atoms with Crippen LogP contribution in [-0.4, -0.2) is 17.2 Å². The molecule has 4 heteroatoms. The molecule has 2 nitrogen and oxygen atoms in total. The molecular weight excluding hydrogens is 230 g/mol. The van der Waals surface area contributed by atoms with Gasteiger partial charge in [-0.15, -0.1) is 0 Å². The third kappa shape index (κ3) is 2.97. The first-order valence-electron chi connectivity index (χ1n) is 5.76. The van der Waals surface area contributed by atoms with Gasteiger partial charge in [-0.3, -0.25) is 0 Å². The topological polar surface area (TPSA) is 40.5 Å². The molecule has 0 saturated heterocycles. The molecule has 0 aromatic heterocycles. The Labute approximate surface area is 106 Å². The van der Waals surface area contributed by atoms with Crippen molar-refractivity contribution in [1.82, 2.24) is 0 Å². The maximum absolute atomic E-state index is 13.4. The van der Waals surface area contributed by atoms with Gasteiger partial charge in [0.25, 0.3) is 0 Å². The van der Waals surface area contributed by atoms with Gasteiger partial charge in [0.1, 0.15) is 5.82 Å². The molecule has 2 aromatic carbocycles. The van der Waals surface area contributed by atoms with Crippen molar-refractivity contribution >= 4 is 12.6 Å². The zero-order chi connectivity index (χ0) is 13.1. The molecule has 0 atom stereocenters. The van der Waals surface area contributed by atoms with E-state index in [0.29, 0.717) is 17.4 Å². The minimum Gasteiger partial charge on any atom is -0.423 e. The van der Waals surface area contributed by atoms with Gasteiger partial charge in [-0.05, 0) is 41.6 Å². The first kappa shape index (κ1) is 12.8. The summed E-state index contributed by atoms with van der Waals surface area (Å²) in [6.45, 7) is 1.73. The van der Waals surface area contributed by atoms with Crippen LogP contribution in [0.4, 0.5) is 4.39 Å². The number of aryl methyl sites for hydroxylation is 1. The van der Waals surface area contributed by atoms with Crippen molar-refractivity contribution in [2.75, 3.05) is 0 Å². The summed E-state index contributed by atoms with van der Waals surface area (Å²) in [5.74, 6) is -0.199. The van der Waals surface area contributed by atoms with E-state index in [1.54, 1.807) is 25.1 Å². The molecule has 0 bridgehead atoms. The molecule has 0 aliphatic heterocycles. The normalized spacial score (nSPS) is 10.4. The Hall–Kier alpha value is -1.65. The summed E-state index contributed by atoms with van der Waals surface area (Å²) in [4.78, 5) is 0. The smallest absolute Gasteiger partial charge is 0.423 e. The summed E-state index contributed by atoms with van der Waals surface area (Å²) in [6, 6.07) is 12.1. The molecule has 2 rings (SSSR count). The van der Waals surface area contributed by atoms with E-state index < -0.39 is 7.12 Å². The molecule has 0 aliphatic carbocycles. The van der Waals surface area contributed by atoms with E-state index in [0.717, 1.165) is 11.1 Å². The van der Waals surface area contributed by atoms with Crippen LogP contribution in [0.3, 0.4) is 0 Å². The van der Waals surface area contributed by atoms with Crippen LogP contribution in [0.15, 0.2) is 42.5 Å². The lowest BCUT2D eigenvalue weighted by molar-refractivity contribution is 0.426. The van der Waals surface area contributed by atoms with E-state index in [4.69, 9.17) is 10.0 Å². The van der Waals surface area contributed by atoms with E-state index in [1.807, 2.05) is 18.2 Å².